The number of carbonyl (C=O) groups is 2. The zero-order valence-electron chi connectivity index (χ0n) is 12.1. The van der Waals surface area contributed by atoms with Gasteiger partial charge in [-0.05, 0) is 5.56 Å². The van der Waals surface area contributed by atoms with Gasteiger partial charge in [-0.3, -0.25) is 0 Å². The first-order valence-electron chi connectivity index (χ1n) is 6.34. The second-order valence-electron chi connectivity index (χ2n) is 4.26. The highest BCUT2D eigenvalue weighted by atomic mass is 32.1. The molecular weight excluding hydrogens is 306 g/mol. The summed E-state index contributed by atoms with van der Waals surface area (Å²) in [4.78, 5) is 23.8. The van der Waals surface area contributed by atoms with Gasteiger partial charge < -0.3 is 19.9 Å². The van der Waals surface area contributed by atoms with Crippen molar-refractivity contribution in [1.29, 1.82) is 0 Å². The Morgan fingerprint density at radius 2 is 1.64 bits per heavy atom. The van der Waals surface area contributed by atoms with Crippen LogP contribution in [0, 0.1) is 0 Å². The predicted octanol–water partition coefficient (Wildman–Crippen LogP) is 2.48. The molecule has 0 radical (unpaired) electrons. The number of ether oxygens (including phenoxy) is 3. The topological polar surface area (TPSA) is 87.9 Å². The van der Waals surface area contributed by atoms with Gasteiger partial charge in [0.15, 0.2) is 10.6 Å². The molecule has 0 spiro atoms. The molecule has 1 aromatic carbocycles. The number of thiophene rings is 1. The van der Waals surface area contributed by atoms with Crippen LogP contribution >= 0.6 is 11.3 Å². The van der Waals surface area contributed by atoms with Crippen molar-refractivity contribution >= 4 is 29.0 Å². The average molecular weight is 321 g/mol. The molecule has 2 rings (SSSR count). The van der Waals surface area contributed by atoms with Crippen molar-refractivity contribution in [1.82, 2.24) is 0 Å². The number of anilines is 1. The van der Waals surface area contributed by atoms with E-state index in [1.54, 1.807) is 0 Å². The first-order valence-corrected chi connectivity index (χ1v) is 7.15. The molecule has 0 unspecified atom stereocenters. The number of nitrogens with two attached hydrogens (primary N) is 1. The van der Waals surface area contributed by atoms with Crippen LogP contribution in [-0.4, -0.2) is 26.2 Å². The van der Waals surface area contributed by atoms with Gasteiger partial charge in [0, 0.05) is 0 Å². The minimum Gasteiger partial charge on any atom is -0.485 e. The minimum absolute atomic E-state index is 0.0770. The number of hydrogen-bond acceptors (Lipinski definition) is 7. The molecule has 0 aliphatic carbocycles. The third kappa shape index (κ3) is 3.20. The molecule has 0 aliphatic rings. The third-order valence-electron chi connectivity index (χ3n) is 2.87. The standard InChI is InChI=1S/C15H15NO5S/c1-19-14(17)12-10(16)11(13(22-12)15(18)20-2)21-8-9-6-4-3-5-7-9/h3-7H,8,16H2,1-2H3. The van der Waals surface area contributed by atoms with Crippen molar-refractivity contribution in [2.75, 3.05) is 20.0 Å². The molecule has 2 aromatic rings. The van der Waals surface area contributed by atoms with Gasteiger partial charge in [-0.2, -0.15) is 0 Å². The lowest BCUT2D eigenvalue weighted by Crippen LogP contribution is -2.05. The molecule has 1 aromatic heterocycles. The van der Waals surface area contributed by atoms with Crippen LogP contribution in [0.5, 0.6) is 5.75 Å². The van der Waals surface area contributed by atoms with Crippen LogP contribution in [0.1, 0.15) is 24.9 Å². The van der Waals surface area contributed by atoms with Gasteiger partial charge in [0.1, 0.15) is 17.2 Å². The van der Waals surface area contributed by atoms with Gasteiger partial charge >= 0.3 is 11.9 Å². The van der Waals surface area contributed by atoms with Crippen molar-refractivity contribution in [2.24, 2.45) is 0 Å². The third-order valence-corrected chi connectivity index (χ3v) is 4.01. The van der Waals surface area contributed by atoms with Crippen molar-refractivity contribution in [3.05, 3.63) is 45.6 Å². The van der Waals surface area contributed by atoms with E-state index in [1.807, 2.05) is 30.3 Å². The summed E-state index contributed by atoms with van der Waals surface area (Å²) >= 11 is 0.888. The Morgan fingerprint density at radius 1 is 1.05 bits per heavy atom. The fourth-order valence-corrected chi connectivity index (χ4v) is 2.77. The van der Waals surface area contributed by atoms with Gasteiger partial charge in [0.2, 0.25) is 0 Å². The Bertz CT molecular complexity index is 681. The van der Waals surface area contributed by atoms with Gasteiger partial charge in [0.05, 0.1) is 14.2 Å². The van der Waals surface area contributed by atoms with Crippen LogP contribution in [-0.2, 0) is 16.1 Å². The summed E-state index contributed by atoms with van der Waals surface area (Å²) in [5.41, 5.74) is 6.90. The lowest BCUT2D eigenvalue weighted by molar-refractivity contribution is 0.0596. The summed E-state index contributed by atoms with van der Waals surface area (Å²) in [5, 5.41) is 0. The molecule has 0 atom stereocenters. The van der Waals surface area contributed by atoms with Crippen LogP contribution in [0.25, 0.3) is 0 Å². The molecule has 0 amide bonds. The second kappa shape index (κ2) is 6.95. The normalized spacial score (nSPS) is 10.1. The number of nitrogen functional groups attached to an aromatic ring is 1. The molecule has 116 valence electrons. The molecule has 2 N–H and O–H groups in total. The maximum atomic E-state index is 11.8. The number of carbonyl (C=O) groups excluding carboxylic acids is 2. The Hall–Kier alpha value is -2.54. The van der Waals surface area contributed by atoms with Crippen LogP contribution in [0.4, 0.5) is 5.69 Å². The number of rotatable bonds is 5. The van der Waals surface area contributed by atoms with E-state index >= 15 is 0 Å². The fourth-order valence-electron chi connectivity index (χ4n) is 1.77. The van der Waals surface area contributed by atoms with Crippen LogP contribution < -0.4 is 10.5 Å². The lowest BCUT2D eigenvalue weighted by Gasteiger charge is -2.08. The molecule has 0 saturated heterocycles. The lowest BCUT2D eigenvalue weighted by atomic mass is 10.2. The maximum absolute atomic E-state index is 11.8. The maximum Gasteiger partial charge on any atom is 0.352 e. The summed E-state index contributed by atoms with van der Waals surface area (Å²) in [6, 6.07) is 9.38. The van der Waals surface area contributed by atoms with E-state index in [4.69, 9.17) is 15.2 Å². The Morgan fingerprint density at radius 3 is 2.23 bits per heavy atom. The number of esters is 2. The molecular formula is C15H15NO5S. The van der Waals surface area contributed by atoms with Gasteiger partial charge in [-0.25, -0.2) is 9.59 Å². The SMILES string of the molecule is COC(=O)c1sc(C(=O)OC)c(OCc2ccccc2)c1N. The van der Waals surface area contributed by atoms with E-state index in [2.05, 4.69) is 4.74 Å². The van der Waals surface area contributed by atoms with Crippen molar-refractivity contribution in [3.63, 3.8) is 0 Å². The predicted molar refractivity (Wildman–Crippen MR) is 82.2 cm³/mol. The summed E-state index contributed by atoms with van der Waals surface area (Å²) in [6.45, 7) is 0.215. The van der Waals surface area contributed by atoms with E-state index in [0.717, 1.165) is 16.9 Å². The minimum atomic E-state index is -0.623. The van der Waals surface area contributed by atoms with Crippen LogP contribution in [0.15, 0.2) is 30.3 Å². The largest absolute Gasteiger partial charge is 0.485 e. The highest BCUT2D eigenvalue weighted by Crippen LogP contribution is 2.39. The number of benzene rings is 1. The van der Waals surface area contributed by atoms with Crippen LogP contribution in [0.2, 0.25) is 0 Å². The summed E-state index contributed by atoms with van der Waals surface area (Å²) in [6.07, 6.45) is 0. The highest BCUT2D eigenvalue weighted by Gasteiger charge is 2.27. The van der Waals surface area contributed by atoms with E-state index in [0.29, 0.717) is 0 Å². The fraction of sp³-hybridized carbons (Fsp3) is 0.200. The van der Waals surface area contributed by atoms with Gasteiger partial charge in [-0.1, -0.05) is 30.3 Å². The molecule has 0 aliphatic heterocycles. The van der Waals surface area contributed by atoms with Crippen LogP contribution in [0.3, 0.4) is 0 Å². The first kappa shape index (κ1) is 15.8. The Labute approximate surface area is 131 Å². The van der Waals surface area contributed by atoms with Gasteiger partial charge in [-0.15, -0.1) is 11.3 Å². The Kier molecular flexibility index (Phi) is 5.00. The van der Waals surface area contributed by atoms with Crippen molar-refractivity contribution < 1.29 is 23.8 Å². The molecule has 6 nitrogen and oxygen atoms in total. The van der Waals surface area contributed by atoms with E-state index in [1.165, 1.54) is 14.2 Å². The number of methoxy groups -OCH3 is 2. The quantitative estimate of drug-likeness (QED) is 0.851. The smallest absolute Gasteiger partial charge is 0.352 e. The molecule has 0 fully saturated rings. The molecule has 1 heterocycles. The summed E-state index contributed by atoms with van der Waals surface area (Å²) in [5.74, 6) is -1.10. The number of hydrogen-bond donors (Lipinski definition) is 1. The molecule has 22 heavy (non-hydrogen) atoms. The summed E-state index contributed by atoms with van der Waals surface area (Å²) < 4.78 is 15.0. The zero-order chi connectivity index (χ0) is 16.1. The zero-order valence-corrected chi connectivity index (χ0v) is 12.9. The van der Waals surface area contributed by atoms with E-state index < -0.39 is 11.9 Å². The second-order valence-corrected chi connectivity index (χ2v) is 5.28. The average Bonchev–Trinajstić information content (AvgIpc) is 2.89. The van der Waals surface area contributed by atoms with Crippen molar-refractivity contribution in [2.45, 2.75) is 6.61 Å². The molecule has 7 heteroatoms. The molecule has 0 saturated carbocycles. The Balaban J connectivity index is 2.33. The van der Waals surface area contributed by atoms with E-state index in [9.17, 15) is 9.59 Å². The molecule has 0 bridgehead atoms. The highest BCUT2D eigenvalue weighted by molar-refractivity contribution is 7.16. The van der Waals surface area contributed by atoms with E-state index in [-0.39, 0.29) is 27.8 Å². The summed E-state index contributed by atoms with van der Waals surface area (Å²) in [7, 11) is 2.49. The van der Waals surface area contributed by atoms with Crippen molar-refractivity contribution in [3.8, 4) is 5.75 Å². The first-order chi connectivity index (χ1) is 10.6. The monoisotopic (exact) mass is 321 g/mol. The van der Waals surface area contributed by atoms with Gasteiger partial charge in [0.25, 0.3) is 0 Å².